The van der Waals surface area contributed by atoms with Crippen molar-refractivity contribution >= 4 is 5.96 Å². The Morgan fingerprint density at radius 1 is 1.07 bits per heavy atom. The average molecular weight is 372 g/mol. The summed E-state index contributed by atoms with van der Waals surface area (Å²) in [5.41, 5.74) is 2.86. The maximum absolute atomic E-state index is 4.47. The fourth-order valence-corrected chi connectivity index (χ4v) is 4.48. The van der Waals surface area contributed by atoms with Gasteiger partial charge in [-0.3, -0.25) is 9.89 Å². The number of likely N-dealkylation sites (tertiary alicyclic amines) is 2. The lowest BCUT2D eigenvalue weighted by molar-refractivity contribution is 0.0173. The third-order valence-electron chi connectivity index (χ3n) is 6.30. The first-order valence-corrected chi connectivity index (χ1v) is 10.5. The Balaban J connectivity index is 1.59. The molecule has 0 aromatic heterocycles. The number of benzene rings is 1. The smallest absolute Gasteiger partial charge is 0.191 e. The number of aryl methyl sites for hydroxylation is 1. The quantitative estimate of drug-likeness (QED) is 0.617. The van der Waals surface area contributed by atoms with Gasteiger partial charge in [0.2, 0.25) is 0 Å². The molecule has 2 aliphatic rings. The van der Waals surface area contributed by atoms with E-state index in [0.717, 1.165) is 19.0 Å². The van der Waals surface area contributed by atoms with Gasteiger partial charge in [-0.2, -0.15) is 0 Å². The first-order valence-electron chi connectivity index (χ1n) is 10.5. The van der Waals surface area contributed by atoms with E-state index >= 15 is 0 Å². The molecule has 3 rings (SSSR count). The lowest BCUT2D eigenvalue weighted by Gasteiger charge is -2.50. The number of rotatable bonds is 5. The van der Waals surface area contributed by atoms with Crippen LogP contribution in [0.25, 0.3) is 0 Å². The van der Waals surface area contributed by atoms with Crippen LogP contribution >= 0.6 is 0 Å². The Labute approximate surface area is 165 Å². The molecule has 2 aliphatic heterocycles. The van der Waals surface area contributed by atoms with Crippen LogP contribution in [0.1, 0.15) is 43.2 Å². The van der Waals surface area contributed by atoms with Crippen molar-refractivity contribution in [2.45, 2.75) is 51.1 Å². The van der Waals surface area contributed by atoms with Gasteiger partial charge in [0, 0.05) is 25.7 Å². The van der Waals surface area contributed by atoms with Crippen molar-refractivity contribution < 1.29 is 0 Å². The van der Waals surface area contributed by atoms with Gasteiger partial charge in [-0.05, 0) is 71.4 Å². The van der Waals surface area contributed by atoms with Crippen molar-refractivity contribution in [2.75, 3.05) is 46.8 Å². The van der Waals surface area contributed by atoms with Crippen molar-refractivity contribution in [3.05, 3.63) is 35.4 Å². The van der Waals surface area contributed by atoms with Gasteiger partial charge in [0.15, 0.2) is 5.96 Å². The maximum Gasteiger partial charge on any atom is 0.191 e. The summed E-state index contributed by atoms with van der Waals surface area (Å²) in [5.74, 6) is 0.909. The zero-order valence-electron chi connectivity index (χ0n) is 17.4. The van der Waals surface area contributed by atoms with Crippen molar-refractivity contribution in [3.63, 3.8) is 0 Å². The molecule has 0 bridgehead atoms. The molecule has 1 aromatic carbocycles. The highest BCUT2D eigenvalue weighted by Gasteiger charge is 2.39. The van der Waals surface area contributed by atoms with E-state index < -0.39 is 0 Å². The van der Waals surface area contributed by atoms with E-state index in [0.29, 0.717) is 0 Å². The second-order valence-corrected chi connectivity index (χ2v) is 8.34. The fraction of sp³-hybridized carbons (Fsp3) is 0.682. The van der Waals surface area contributed by atoms with E-state index in [4.69, 9.17) is 0 Å². The monoisotopic (exact) mass is 371 g/mol. The first kappa shape index (κ1) is 20.2. The molecule has 2 heterocycles. The Morgan fingerprint density at radius 3 is 2.48 bits per heavy atom. The largest absolute Gasteiger partial charge is 0.355 e. The predicted molar refractivity (Wildman–Crippen MR) is 114 cm³/mol. The Morgan fingerprint density at radius 2 is 1.81 bits per heavy atom. The second kappa shape index (κ2) is 9.56. The van der Waals surface area contributed by atoms with E-state index in [1.54, 1.807) is 0 Å². The topological polar surface area (TPSA) is 42.9 Å². The predicted octanol–water partition coefficient (Wildman–Crippen LogP) is 2.61. The molecule has 0 spiro atoms. The van der Waals surface area contributed by atoms with Crippen LogP contribution in [0.5, 0.6) is 0 Å². The van der Waals surface area contributed by atoms with Crippen molar-refractivity contribution in [1.82, 2.24) is 20.4 Å². The molecule has 150 valence electrons. The van der Waals surface area contributed by atoms with E-state index in [1.807, 2.05) is 7.05 Å². The van der Waals surface area contributed by atoms with Gasteiger partial charge >= 0.3 is 0 Å². The van der Waals surface area contributed by atoms with Crippen LogP contribution in [0.2, 0.25) is 0 Å². The van der Waals surface area contributed by atoms with Crippen LogP contribution in [0.4, 0.5) is 0 Å². The molecule has 27 heavy (non-hydrogen) atoms. The lowest BCUT2D eigenvalue weighted by atomic mass is 9.84. The molecule has 0 atom stereocenters. The molecule has 0 amide bonds. The SMILES string of the molecule is CN=C(NCc1cccc(C)c1)NCC1(N2CCCCC2)CCN(C)CC1. The van der Waals surface area contributed by atoms with Gasteiger partial charge in [-0.25, -0.2) is 0 Å². The second-order valence-electron chi connectivity index (χ2n) is 8.34. The number of nitrogens with one attached hydrogen (secondary N) is 2. The van der Waals surface area contributed by atoms with Crippen LogP contribution in [0.15, 0.2) is 29.3 Å². The zero-order chi connectivity index (χ0) is 19.1. The van der Waals surface area contributed by atoms with Gasteiger partial charge < -0.3 is 15.5 Å². The minimum absolute atomic E-state index is 0.272. The maximum atomic E-state index is 4.47. The van der Waals surface area contributed by atoms with Gasteiger partial charge in [0.25, 0.3) is 0 Å². The van der Waals surface area contributed by atoms with Gasteiger partial charge in [-0.1, -0.05) is 36.2 Å². The van der Waals surface area contributed by atoms with E-state index in [2.05, 4.69) is 63.7 Å². The van der Waals surface area contributed by atoms with Gasteiger partial charge in [0.1, 0.15) is 0 Å². The van der Waals surface area contributed by atoms with Crippen LogP contribution in [0, 0.1) is 6.92 Å². The highest BCUT2D eigenvalue weighted by molar-refractivity contribution is 5.79. The molecule has 0 aliphatic carbocycles. The summed E-state index contributed by atoms with van der Waals surface area (Å²) in [6.45, 7) is 8.80. The summed E-state index contributed by atoms with van der Waals surface area (Å²) in [7, 11) is 4.11. The highest BCUT2D eigenvalue weighted by atomic mass is 15.3. The van der Waals surface area contributed by atoms with Crippen molar-refractivity contribution in [3.8, 4) is 0 Å². The van der Waals surface area contributed by atoms with Gasteiger partial charge in [-0.15, -0.1) is 0 Å². The Kier molecular flexibility index (Phi) is 7.13. The molecule has 1 aromatic rings. The molecular weight excluding hydrogens is 334 g/mol. The minimum Gasteiger partial charge on any atom is -0.355 e. The number of hydrogen-bond acceptors (Lipinski definition) is 3. The number of guanidine groups is 1. The molecule has 0 radical (unpaired) electrons. The lowest BCUT2D eigenvalue weighted by Crippen LogP contribution is -2.62. The number of piperidine rings is 2. The molecular formula is C22H37N5. The summed E-state index contributed by atoms with van der Waals surface area (Å²) >= 11 is 0. The van der Waals surface area contributed by atoms with E-state index in [1.165, 1.54) is 69.4 Å². The molecule has 5 nitrogen and oxygen atoms in total. The summed E-state index contributed by atoms with van der Waals surface area (Å²) in [5, 5.41) is 7.15. The number of hydrogen-bond donors (Lipinski definition) is 2. The van der Waals surface area contributed by atoms with Gasteiger partial charge in [0.05, 0.1) is 0 Å². The standard InChI is InChI=1S/C22H37N5/c1-19-8-7-9-20(16-19)17-24-21(23-2)25-18-22(10-14-26(3)15-11-22)27-12-5-4-6-13-27/h7-9,16H,4-6,10-15,17-18H2,1-3H3,(H2,23,24,25). The first-order chi connectivity index (χ1) is 13.1. The molecule has 2 fully saturated rings. The number of aliphatic imine (C=N–C) groups is 1. The third kappa shape index (κ3) is 5.45. The molecule has 5 heteroatoms. The van der Waals surface area contributed by atoms with Crippen molar-refractivity contribution in [1.29, 1.82) is 0 Å². The minimum atomic E-state index is 0.272. The van der Waals surface area contributed by atoms with E-state index in [9.17, 15) is 0 Å². The summed E-state index contributed by atoms with van der Waals surface area (Å²) in [4.78, 5) is 9.70. The molecule has 0 unspecified atom stereocenters. The Hall–Kier alpha value is -1.59. The summed E-state index contributed by atoms with van der Waals surface area (Å²) in [6, 6.07) is 8.65. The van der Waals surface area contributed by atoms with Crippen LogP contribution in [-0.2, 0) is 6.54 Å². The van der Waals surface area contributed by atoms with Crippen LogP contribution in [0.3, 0.4) is 0 Å². The zero-order valence-corrected chi connectivity index (χ0v) is 17.4. The molecule has 2 saturated heterocycles. The fourth-order valence-electron chi connectivity index (χ4n) is 4.48. The van der Waals surface area contributed by atoms with Crippen LogP contribution < -0.4 is 10.6 Å². The van der Waals surface area contributed by atoms with E-state index in [-0.39, 0.29) is 5.54 Å². The third-order valence-corrected chi connectivity index (χ3v) is 6.30. The van der Waals surface area contributed by atoms with Crippen LogP contribution in [-0.4, -0.2) is 68.1 Å². The summed E-state index contributed by atoms with van der Waals surface area (Å²) < 4.78 is 0. The summed E-state index contributed by atoms with van der Waals surface area (Å²) in [6.07, 6.45) is 6.56. The molecule has 2 N–H and O–H groups in total. The highest BCUT2D eigenvalue weighted by Crippen LogP contribution is 2.30. The Bertz CT molecular complexity index is 613. The normalized spacial score (nSPS) is 21.8. The molecule has 0 saturated carbocycles. The number of nitrogens with zero attached hydrogens (tertiary/aromatic N) is 3. The van der Waals surface area contributed by atoms with Crippen molar-refractivity contribution in [2.24, 2.45) is 4.99 Å². The average Bonchev–Trinajstić information content (AvgIpc) is 2.70.